The predicted octanol–water partition coefficient (Wildman–Crippen LogP) is 4.69. The Bertz CT molecular complexity index is 645. The summed E-state index contributed by atoms with van der Waals surface area (Å²) in [6.45, 7) is 7.10. The molecule has 0 aromatic heterocycles. The number of carboxylic acids is 1. The quantitative estimate of drug-likeness (QED) is 0.730. The van der Waals surface area contributed by atoms with Gasteiger partial charge in [0.1, 0.15) is 5.78 Å². The third kappa shape index (κ3) is 3.05. The minimum absolute atomic E-state index is 0.214. The van der Waals surface area contributed by atoms with Gasteiger partial charge in [0, 0.05) is 19.3 Å². The zero-order valence-corrected chi connectivity index (χ0v) is 17.8. The summed E-state index contributed by atoms with van der Waals surface area (Å²) >= 11 is 0. The largest absolute Gasteiger partial charge is 0.481 e. The molecule has 0 aromatic carbocycles. The fourth-order valence-electron chi connectivity index (χ4n) is 8.54. The van der Waals surface area contributed by atoms with E-state index in [-0.39, 0.29) is 23.4 Å². The number of fused-ring (bicyclic) bond motifs is 5. The van der Waals surface area contributed by atoms with Crippen LogP contribution in [0.15, 0.2) is 0 Å². The van der Waals surface area contributed by atoms with E-state index in [0.717, 1.165) is 32.1 Å². The van der Waals surface area contributed by atoms with Gasteiger partial charge < -0.3 is 10.2 Å². The topological polar surface area (TPSA) is 74.6 Å². The van der Waals surface area contributed by atoms with Crippen molar-refractivity contribution in [2.24, 2.45) is 46.3 Å². The second kappa shape index (κ2) is 7.11. The van der Waals surface area contributed by atoms with E-state index in [1.165, 1.54) is 19.3 Å². The maximum atomic E-state index is 12.1. The van der Waals surface area contributed by atoms with Crippen molar-refractivity contribution in [1.29, 1.82) is 0 Å². The molecular weight excluding hydrogens is 352 g/mol. The minimum atomic E-state index is -0.691. The molecule has 4 fully saturated rings. The summed E-state index contributed by atoms with van der Waals surface area (Å²) in [6.07, 6.45) is 8.68. The number of aliphatic hydroxyl groups excluding tert-OH is 1. The summed E-state index contributed by atoms with van der Waals surface area (Å²) in [5.74, 6) is 2.52. The van der Waals surface area contributed by atoms with Gasteiger partial charge in [-0.15, -0.1) is 0 Å². The highest BCUT2D eigenvalue weighted by Gasteiger charge is 2.62. The first-order valence-corrected chi connectivity index (χ1v) is 11.6. The summed E-state index contributed by atoms with van der Waals surface area (Å²) in [7, 11) is 0. The maximum absolute atomic E-state index is 12.1. The van der Waals surface area contributed by atoms with E-state index < -0.39 is 5.97 Å². The van der Waals surface area contributed by atoms with Gasteiger partial charge in [-0.1, -0.05) is 20.8 Å². The average molecular weight is 391 g/mol. The van der Waals surface area contributed by atoms with Gasteiger partial charge in [-0.25, -0.2) is 0 Å². The third-order valence-electron chi connectivity index (χ3n) is 10.1. The van der Waals surface area contributed by atoms with Crippen molar-refractivity contribution in [3.8, 4) is 0 Å². The van der Waals surface area contributed by atoms with E-state index >= 15 is 0 Å². The van der Waals surface area contributed by atoms with Crippen LogP contribution in [0.1, 0.15) is 85.0 Å². The van der Waals surface area contributed by atoms with E-state index in [1.807, 2.05) is 0 Å². The number of aliphatic hydroxyl groups is 1. The number of hydrogen-bond donors (Lipinski definition) is 2. The summed E-state index contributed by atoms with van der Waals surface area (Å²) < 4.78 is 0. The Labute approximate surface area is 169 Å². The van der Waals surface area contributed by atoms with Crippen molar-refractivity contribution in [3.63, 3.8) is 0 Å². The Morgan fingerprint density at radius 1 is 1.14 bits per heavy atom. The van der Waals surface area contributed by atoms with Crippen LogP contribution in [-0.2, 0) is 9.59 Å². The molecule has 0 amide bonds. The highest BCUT2D eigenvalue weighted by Crippen LogP contribution is 2.68. The van der Waals surface area contributed by atoms with Gasteiger partial charge in [0.25, 0.3) is 0 Å². The number of ketones is 1. The van der Waals surface area contributed by atoms with Gasteiger partial charge in [0.15, 0.2) is 0 Å². The van der Waals surface area contributed by atoms with Crippen LogP contribution in [0.5, 0.6) is 0 Å². The molecule has 0 aliphatic heterocycles. The maximum Gasteiger partial charge on any atom is 0.303 e. The number of rotatable bonds is 4. The molecule has 0 aromatic rings. The van der Waals surface area contributed by atoms with Crippen LogP contribution in [0.25, 0.3) is 0 Å². The number of aliphatic carboxylic acids is 1. The lowest BCUT2D eigenvalue weighted by Gasteiger charge is -2.62. The Kier molecular flexibility index (Phi) is 5.17. The molecule has 0 bridgehead atoms. The molecule has 0 saturated heterocycles. The third-order valence-corrected chi connectivity index (χ3v) is 10.1. The molecule has 2 N–H and O–H groups in total. The van der Waals surface area contributed by atoms with E-state index in [9.17, 15) is 14.7 Å². The summed E-state index contributed by atoms with van der Waals surface area (Å²) in [5.41, 5.74) is 0.444. The zero-order valence-electron chi connectivity index (χ0n) is 17.8. The lowest BCUT2D eigenvalue weighted by Crippen LogP contribution is -2.58. The number of carbonyl (C=O) groups excluding carboxylic acids is 1. The Hall–Kier alpha value is -0.900. The summed E-state index contributed by atoms with van der Waals surface area (Å²) in [4.78, 5) is 23.1. The van der Waals surface area contributed by atoms with Crippen LogP contribution >= 0.6 is 0 Å². The SMILES string of the molecule is C[C@H](CCC(=O)O)[C@H]1CC[C@H]2[C@@H]3[C@H](O)CC4CC(=O)CC[C@]4(C)[C@H]3CC[C@]12C. The normalized spacial score (nSPS) is 49.1. The molecule has 0 radical (unpaired) electrons. The molecular formula is C24H38O4. The molecule has 4 aliphatic carbocycles. The van der Waals surface area contributed by atoms with Crippen molar-refractivity contribution in [3.05, 3.63) is 0 Å². The fraction of sp³-hybridized carbons (Fsp3) is 0.917. The number of carboxylic acid groups (broad SMARTS) is 1. The number of carbonyl (C=O) groups is 2. The van der Waals surface area contributed by atoms with Gasteiger partial charge in [-0.3, -0.25) is 9.59 Å². The molecule has 1 unspecified atom stereocenters. The number of hydrogen-bond acceptors (Lipinski definition) is 3. The Balaban J connectivity index is 1.56. The van der Waals surface area contributed by atoms with Gasteiger partial charge in [0.05, 0.1) is 6.10 Å². The van der Waals surface area contributed by atoms with Crippen LogP contribution < -0.4 is 0 Å². The molecule has 9 atom stereocenters. The highest BCUT2D eigenvalue weighted by atomic mass is 16.4. The molecule has 4 saturated carbocycles. The second-order valence-electron chi connectivity index (χ2n) is 11.2. The smallest absolute Gasteiger partial charge is 0.303 e. The van der Waals surface area contributed by atoms with E-state index in [4.69, 9.17) is 5.11 Å². The van der Waals surface area contributed by atoms with Crippen LogP contribution in [-0.4, -0.2) is 28.1 Å². The van der Waals surface area contributed by atoms with Crippen molar-refractivity contribution < 1.29 is 19.8 Å². The first-order valence-electron chi connectivity index (χ1n) is 11.6. The average Bonchev–Trinajstić information content (AvgIpc) is 2.98. The van der Waals surface area contributed by atoms with Crippen molar-refractivity contribution >= 4 is 11.8 Å². The zero-order chi connectivity index (χ0) is 20.3. The van der Waals surface area contributed by atoms with E-state index in [0.29, 0.717) is 47.7 Å². The molecule has 0 spiro atoms. The summed E-state index contributed by atoms with van der Waals surface area (Å²) in [6, 6.07) is 0. The van der Waals surface area contributed by atoms with Gasteiger partial charge >= 0.3 is 5.97 Å². The number of Topliss-reactive ketones (excluding diaryl/α,β-unsaturated/α-hetero) is 1. The Morgan fingerprint density at radius 3 is 2.57 bits per heavy atom. The van der Waals surface area contributed by atoms with Crippen LogP contribution in [0, 0.1) is 46.3 Å². The Morgan fingerprint density at radius 2 is 1.86 bits per heavy atom. The van der Waals surface area contributed by atoms with Crippen LogP contribution in [0.3, 0.4) is 0 Å². The molecule has 4 rings (SSSR count). The monoisotopic (exact) mass is 390 g/mol. The van der Waals surface area contributed by atoms with Crippen LogP contribution in [0.2, 0.25) is 0 Å². The van der Waals surface area contributed by atoms with Gasteiger partial charge in [-0.2, -0.15) is 0 Å². The first-order chi connectivity index (χ1) is 13.2. The lowest BCUT2D eigenvalue weighted by atomic mass is 9.44. The van der Waals surface area contributed by atoms with Gasteiger partial charge in [0.2, 0.25) is 0 Å². The molecule has 4 heteroatoms. The molecule has 158 valence electrons. The molecule has 0 heterocycles. The molecule has 4 aliphatic rings. The van der Waals surface area contributed by atoms with E-state index in [1.54, 1.807) is 0 Å². The second-order valence-corrected chi connectivity index (χ2v) is 11.2. The standard InChI is InChI=1S/C24H38O4/c1-14(4-7-21(27)28)17-5-6-18-22-19(9-11-24(17,18)3)23(2)10-8-16(25)12-15(23)13-20(22)26/h14-15,17-20,22,26H,4-13H2,1-3H3,(H,27,28)/t14-,15?,17-,18+,19+,20-,22+,23+,24-/m1/s1. The first kappa shape index (κ1) is 20.4. The van der Waals surface area contributed by atoms with Gasteiger partial charge in [-0.05, 0) is 91.3 Å². The van der Waals surface area contributed by atoms with E-state index in [2.05, 4.69) is 20.8 Å². The molecule has 28 heavy (non-hydrogen) atoms. The molecule has 4 nitrogen and oxygen atoms in total. The lowest BCUT2D eigenvalue weighted by molar-refractivity contribution is -0.169. The van der Waals surface area contributed by atoms with Crippen molar-refractivity contribution in [1.82, 2.24) is 0 Å². The van der Waals surface area contributed by atoms with Crippen molar-refractivity contribution in [2.75, 3.05) is 0 Å². The van der Waals surface area contributed by atoms with Crippen LogP contribution in [0.4, 0.5) is 0 Å². The highest BCUT2D eigenvalue weighted by molar-refractivity contribution is 5.79. The van der Waals surface area contributed by atoms with Crippen molar-refractivity contribution in [2.45, 2.75) is 91.1 Å². The fourth-order valence-corrected chi connectivity index (χ4v) is 8.54. The predicted molar refractivity (Wildman–Crippen MR) is 108 cm³/mol. The summed E-state index contributed by atoms with van der Waals surface area (Å²) in [5, 5.41) is 20.3. The minimum Gasteiger partial charge on any atom is -0.481 e.